The zero-order valence-corrected chi connectivity index (χ0v) is 13.7. The van der Waals surface area contributed by atoms with E-state index in [1.165, 1.54) is 25.7 Å². The van der Waals surface area contributed by atoms with Crippen LogP contribution in [0.2, 0.25) is 0 Å². The lowest BCUT2D eigenvalue weighted by Gasteiger charge is -2.22. The fraction of sp³-hybridized carbons (Fsp3) is 0.812. The third-order valence-corrected chi connectivity index (χ3v) is 4.80. The van der Waals surface area contributed by atoms with Crippen LogP contribution in [0.15, 0.2) is 0 Å². The Hall–Kier alpha value is -1.39. The standard InChI is InChI=1S/C16H27N5/c1-11(2)14-17-15(20(3)4)19-16(18-14)21-9-12-7-5-6-8-13(12)10-21/h11-13H,5-10H2,1-4H3. The highest BCUT2D eigenvalue weighted by Crippen LogP contribution is 2.37. The van der Waals surface area contributed by atoms with E-state index in [0.29, 0.717) is 5.92 Å². The minimum absolute atomic E-state index is 0.329. The van der Waals surface area contributed by atoms with Gasteiger partial charge in [0.25, 0.3) is 0 Å². The van der Waals surface area contributed by atoms with Crippen molar-refractivity contribution in [3.05, 3.63) is 5.82 Å². The Balaban J connectivity index is 1.87. The number of hydrogen-bond acceptors (Lipinski definition) is 5. The number of aromatic nitrogens is 3. The molecule has 5 heteroatoms. The molecule has 0 aromatic carbocycles. The molecule has 1 aliphatic heterocycles. The predicted molar refractivity (Wildman–Crippen MR) is 85.9 cm³/mol. The van der Waals surface area contributed by atoms with E-state index >= 15 is 0 Å². The second kappa shape index (κ2) is 5.78. The van der Waals surface area contributed by atoms with E-state index in [2.05, 4.69) is 28.7 Å². The highest BCUT2D eigenvalue weighted by Gasteiger charge is 2.35. The van der Waals surface area contributed by atoms with Crippen LogP contribution in [0, 0.1) is 11.8 Å². The van der Waals surface area contributed by atoms with Crippen LogP contribution in [0.25, 0.3) is 0 Å². The van der Waals surface area contributed by atoms with E-state index in [1.807, 2.05) is 19.0 Å². The molecule has 2 heterocycles. The van der Waals surface area contributed by atoms with Crippen molar-refractivity contribution >= 4 is 11.9 Å². The van der Waals surface area contributed by atoms with E-state index in [-0.39, 0.29) is 0 Å². The van der Waals surface area contributed by atoms with Gasteiger partial charge in [-0.2, -0.15) is 15.0 Å². The van der Waals surface area contributed by atoms with Gasteiger partial charge < -0.3 is 9.80 Å². The molecule has 0 spiro atoms. The maximum Gasteiger partial charge on any atom is 0.230 e. The van der Waals surface area contributed by atoms with Crippen LogP contribution in [-0.2, 0) is 0 Å². The fourth-order valence-electron chi connectivity index (χ4n) is 3.54. The lowest BCUT2D eigenvalue weighted by atomic mass is 9.82. The Bertz CT molecular complexity index is 459. The molecule has 0 radical (unpaired) electrons. The smallest absolute Gasteiger partial charge is 0.230 e. The molecule has 2 atom stereocenters. The summed E-state index contributed by atoms with van der Waals surface area (Å²) in [6.45, 7) is 6.53. The van der Waals surface area contributed by atoms with Crippen LogP contribution in [0.3, 0.4) is 0 Å². The Morgan fingerprint density at radius 2 is 1.62 bits per heavy atom. The summed E-state index contributed by atoms with van der Waals surface area (Å²) in [7, 11) is 3.99. The van der Waals surface area contributed by atoms with Crippen molar-refractivity contribution in [3.63, 3.8) is 0 Å². The Labute approximate surface area is 127 Å². The van der Waals surface area contributed by atoms with E-state index < -0.39 is 0 Å². The maximum absolute atomic E-state index is 4.73. The van der Waals surface area contributed by atoms with Gasteiger partial charge in [-0.3, -0.25) is 0 Å². The molecule has 1 aliphatic carbocycles. The molecule has 3 rings (SSSR count). The number of nitrogens with zero attached hydrogens (tertiary/aromatic N) is 5. The van der Waals surface area contributed by atoms with E-state index in [1.54, 1.807) is 0 Å². The number of hydrogen-bond donors (Lipinski definition) is 0. The molecule has 0 N–H and O–H groups in total. The van der Waals surface area contributed by atoms with Crippen LogP contribution in [0.5, 0.6) is 0 Å². The maximum atomic E-state index is 4.73. The second-order valence-corrected chi connectivity index (χ2v) is 7.05. The van der Waals surface area contributed by atoms with Crippen LogP contribution < -0.4 is 9.80 Å². The topological polar surface area (TPSA) is 45.2 Å². The lowest BCUT2D eigenvalue weighted by molar-refractivity contribution is 0.299. The zero-order chi connectivity index (χ0) is 15.0. The quantitative estimate of drug-likeness (QED) is 0.856. The molecule has 2 unspecified atom stereocenters. The first-order chi connectivity index (χ1) is 10.0. The molecular formula is C16H27N5. The summed E-state index contributed by atoms with van der Waals surface area (Å²) < 4.78 is 0. The molecule has 1 saturated heterocycles. The first-order valence-corrected chi connectivity index (χ1v) is 8.23. The van der Waals surface area contributed by atoms with Gasteiger partial charge in [0.05, 0.1) is 0 Å². The largest absolute Gasteiger partial charge is 0.347 e. The highest BCUT2D eigenvalue weighted by molar-refractivity contribution is 5.40. The van der Waals surface area contributed by atoms with Gasteiger partial charge in [-0.1, -0.05) is 26.7 Å². The van der Waals surface area contributed by atoms with Crippen molar-refractivity contribution < 1.29 is 0 Å². The van der Waals surface area contributed by atoms with Gasteiger partial charge in [0.1, 0.15) is 5.82 Å². The van der Waals surface area contributed by atoms with Gasteiger partial charge in [-0.25, -0.2) is 0 Å². The summed E-state index contributed by atoms with van der Waals surface area (Å²) in [5.74, 6) is 4.58. The third kappa shape index (κ3) is 2.97. The minimum atomic E-state index is 0.329. The van der Waals surface area contributed by atoms with Crippen LogP contribution in [0.4, 0.5) is 11.9 Å². The average molecular weight is 289 g/mol. The van der Waals surface area contributed by atoms with Crippen LogP contribution in [0.1, 0.15) is 51.3 Å². The predicted octanol–water partition coefficient (Wildman–Crippen LogP) is 2.69. The van der Waals surface area contributed by atoms with Crippen molar-refractivity contribution in [3.8, 4) is 0 Å². The molecule has 116 valence electrons. The lowest BCUT2D eigenvalue weighted by Crippen LogP contribution is -2.25. The minimum Gasteiger partial charge on any atom is -0.347 e. The molecule has 2 fully saturated rings. The van der Waals surface area contributed by atoms with Gasteiger partial charge >= 0.3 is 0 Å². The Morgan fingerprint density at radius 1 is 1.00 bits per heavy atom. The third-order valence-electron chi connectivity index (χ3n) is 4.80. The Kier molecular flexibility index (Phi) is 4.00. The van der Waals surface area contributed by atoms with Crippen molar-refractivity contribution in [1.29, 1.82) is 0 Å². The monoisotopic (exact) mass is 289 g/mol. The average Bonchev–Trinajstić information content (AvgIpc) is 2.90. The summed E-state index contributed by atoms with van der Waals surface area (Å²) in [5, 5.41) is 0. The van der Waals surface area contributed by atoms with Crippen molar-refractivity contribution in [1.82, 2.24) is 15.0 Å². The Morgan fingerprint density at radius 3 is 2.14 bits per heavy atom. The summed E-state index contributed by atoms with van der Waals surface area (Å²) in [5.41, 5.74) is 0. The molecule has 1 aromatic heterocycles. The van der Waals surface area contributed by atoms with Crippen molar-refractivity contribution in [2.75, 3.05) is 37.0 Å². The van der Waals surface area contributed by atoms with Gasteiger partial charge in [0.15, 0.2) is 0 Å². The number of rotatable bonds is 3. The summed E-state index contributed by atoms with van der Waals surface area (Å²) >= 11 is 0. The van der Waals surface area contributed by atoms with Crippen molar-refractivity contribution in [2.45, 2.75) is 45.4 Å². The van der Waals surface area contributed by atoms with Crippen molar-refractivity contribution in [2.24, 2.45) is 11.8 Å². The molecule has 1 aromatic rings. The van der Waals surface area contributed by atoms with Gasteiger partial charge in [0, 0.05) is 33.1 Å². The zero-order valence-electron chi connectivity index (χ0n) is 13.7. The summed E-state index contributed by atoms with van der Waals surface area (Å²) in [6.07, 6.45) is 5.55. The molecule has 5 nitrogen and oxygen atoms in total. The molecular weight excluding hydrogens is 262 g/mol. The van der Waals surface area contributed by atoms with Gasteiger partial charge in [-0.05, 0) is 24.7 Å². The first-order valence-electron chi connectivity index (χ1n) is 8.23. The van der Waals surface area contributed by atoms with Gasteiger partial charge in [0.2, 0.25) is 11.9 Å². The first kappa shape index (κ1) is 14.5. The molecule has 2 aliphatic rings. The van der Waals surface area contributed by atoms with E-state index in [4.69, 9.17) is 4.98 Å². The summed E-state index contributed by atoms with van der Waals surface area (Å²) in [4.78, 5) is 18.4. The SMILES string of the molecule is CC(C)c1nc(N(C)C)nc(N2CC3CCCCC3C2)n1. The number of fused-ring (bicyclic) bond motifs is 1. The second-order valence-electron chi connectivity index (χ2n) is 7.05. The van der Waals surface area contributed by atoms with E-state index in [0.717, 1.165) is 42.6 Å². The molecule has 1 saturated carbocycles. The van der Waals surface area contributed by atoms with E-state index in [9.17, 15) is 0 Å². The highest BCUT2D eigenvalue weighted by atomic mass is 15.3. The molecule has 0 amide bonds. The fourth-order valence-corrected chi connectivity index (χ4v) is 3.54. The normalized spacial score (nSPS) is 25.3. The molecule has 0 bridgehead atoms. The number of anilines is 2. The van der Waals surface area contributed by atoms with Gasteiger partial charge in [-0.15, -0.1) is 0 Å². The van der Waals surface area contributed by atoms with Crippen LogP contribution in [-0.4, -0.2) is 42.1 Å². The van der Waals surface area contributed by atoms with Crippen LogP contribution >= 0.6 is 0 Å². The summed E-state index contributed by atoms with van der Waals surface area (Å²) in [6, 6.07) is 0. The molecule has 21 heavy (non-hydrogen) atoms.